The number of carbonyl (C=O) groups excluding carboxylic acids is 1. The molecule has 0 spiro atoms. The van der Waals surface area contributed by atoms with Crippen molar-refractivity contribution >= 4 is 5.91 Å². The molecule has 4 unspecified atom stereocenters. The van der Waals surface area contributed by atoms with Crippen molar-refractivity contribution in [3.05, 3.63) is 0 Å². The molecule has 19 heavy (non-hydrogen) atoms. The van der Waals surface area contributed by atoms with Gasteiger partial charge in [0.2, 0.25) is 5.91 Å². The SMILES string of the molecule is CCCCC(C)NC(=O)C1CCC2CCCCC2N1. The van der Waals surface area contributed by atoms with E-state index in [4.69, 9.17) is 0 Å². The molecule has 2 aliphatic rings. The van der Waals surface area contributed by atoms with Gasteiger partial charge in [0.05, 0.1) is 6.04 Å². The zero-order valence-corrected chi connectivity index (χ0v) is 12.6. The maximum absolute atomic E-state index is 12.3. The second kappa shape index (κ2) is 7.28. The maximum Gasteiger partial charge on any atom is 0.237 e. The highest BCUT2D eigenvalue weighted by molar-refractivity contribution is 5.82. The zero-order valence-electron chi connectivity index (χ0n) is 12.6. The lowest BCUT2D eigenvalue weighted by Gasteiger charge is -2.40. The predicted molar refractivity (Wildman–Crippen MR) is 79.0 cm³/mol. The molecule has 2 N–H and O–H groups in total. The molecule has 0 radical (unpaired) electrons. The van der Waals surface area contributed by atoms with E-state index in [2.05, 4.69) is 24.5 Å². The third kappa shape index (κ3) is 4.20. The summed E-state index contributed by atoms with van der Waals surface area (Å²) in [6, 6.07) is 0.978. The quantitative estimate of drug-likeness (QED) is 0.803. The van der Waals surface area contributed by atoms with Crippen molar-refractivity contribution in [1.82, 2.24) is 10.6 Å². The Morgan fingerprint density at radius 2 is 2.05 bits per heavy atom. The molecule has 0 aromatic rings. The van der Waals surface area contributed by atoms with Crippen LogP contribution in [0.3, 0.4) is 0 Å². The van der Waals surface area contributed by atoms with Crippen LogP contribution >= 0.6 is 0 Å². The van der Waals surface area contributed by atoms with Gasteiger partial charge in [-0.3, -0.25) is 4.79 Å². The van der Waals surface area contributed by atoms with E-state index in [1.165, 1.54) is 44.9 Å². The molecule has 3 heteroatoms. The molecule has 1 amide bonds. The number of fused-ring (bicyclic) bond motifs is 1. The average molecular weight is 266 g/mol. The van der Waals surface area contributed by atoms with Gasteiger partial charge in [-0.1, -0.05) is 32.6 Å². The Bertz CT molecular complexity index is 292. The first-order chi connectivity index (χ1) is 9.20. The molecule has 0 aromatic heterocycles. The minimum Gasteiger partial charge on any atom is -0.352 e. The molecule has 4 atom stereocenters. The van der Waals surface area contributed by atoms with Crippen LogP contribution in [0.2, 0.25) is 0 Å². The molecular weight excluding hydrogens is 236 g/mol. The number of rotatable bonds is 5. The number of nitrogens with one attached hydrogen (secondary N) is 2. The molecule has 0 aromatic carbocycles. The number of carbonyl (C=O) groups is 1. The Balaban J connectivity index is 1.76. The Labute approximate surface area is 117 Å². The second-order valence-corrected chi connectivity index (χ2v) is 6.50. The normalized spacial score (nSPS) is 32.4. The van der Waals surface area contributed by atoms with Crippen LogP contribution in [0.1, 0.15) is 71.6 Å². The number of amides is 1. The van der Waals surface area contributed by atoms with Crippen LogP contribution in [0.5, 0.6) is 0 Å². The summed E-state index contributed by atoms with van der Waals surface area (Å²) in [7, 11) is 0. The summed E-state index contributed by atoms with van der Waals surface area (Å²) in [5, 5.41) is 6.78. The molecule has 2 rings (SSSR count). The second-order valence-electron chi connectivity index (χ2n) is 6.50. The van der Waals surface area contributed by atoms with E-state index >= 15 is 0 Å². The topological polar surface area (TPSA) is 41.1 Å². The van der Waals surface area contributed by atoms with Gasteiger partial charge in [0.25, 0.3) is 0 Å². The molecule has 1 saturated heterocycles. The smallest absolute Gasteiger partial charge is 0.237 e. The fraction of sp³-hybridized carbons (Fsp3) is 0.938. The predicted octanol–water partition coefficient (Wildman–Crippen LogP) is 2.99. The van der Waals surface area contributed by atoms with Gasteiger partial charge in [0.15, 0.2) is 0 Å². The van der Waals surface area contributed by atoms with Crippen molar-refractivity contribution in [2.45, 2.75) is 89.8 Å². The largest absolute Gasteiger partial charge is 0.352 e. The fourth-order valence-corrected chi connectivity index (χ4v) is 3.63. The van der Waals surface area contributed by atoms with Gasteiger partial charge in [-0.25, -0.2) is 0 Å². The average Bonchev–Trinajstić information content (AvgIpc) is 2.44. The van der Waals surface area contributed by atoms with E-state index in [1.807, 2.05) is 0 Å². The van der Waals surface area contributed by atoms with Crippen LogP contribution in [0, 0.1) is 5.92 Å². The highest BCUT2D eigenvalue weighted by atomic mass is 16.2. The lowest BCUT2D eigenvalue weighted by atomic mass is 9.77. The van der Waals surface area contributed by atoms with Gasteiger partial charge >= 0.3 is 0 Å². The molecule has 2 fully saturated rings. The van der Waals surface area contributed by atoms with Crippen molar-refractivity contribution in [1.29, 1.82) is 0 Å². The Kier molecular flexibility index (Phi) is 5.68. The van der Waals surface area contributed by atoms with E-state index in [9.17, 15) is 4.79 Å². The first-order valence-corrected chi connectivity index (χ1v) is 8.27. The van der Waals surface area contributed by atoms with Crippen molar-refractivity contribution < 1.29 is 4.79 Å². The van der Waals surface area contributed by atoms with E-state index in [0.717, 1.165) is 18.8 Å². The van der Waals surface area contributed by atoms with Gasteiger partial charge in [0.1, 0.15) is 0 Å². The molecular formula is C16H30N2O. The lowest BCUT2D eigenvalue weighted by Crippen LogP contribution is -2.55. The van der Waals surface area contributed by atoms with E-state index in [0.29, 0.717) is 12.1 Å². The van der Waals surface area contributed by atoms with Gasteiger partial charge in [0, 0.05) is 12.1 Å². The van der Waals surface area contributed by atoms with Crippen LogP contribution in [-0.4, -0.2) is 24.0 Å². The third-order valence-electron chi connectivity index (χ3n) is 4.85. The minimum atomic E-state index is 0.0587. The highest BCUT2D eigenvalue weighted by Gasteiger charge is 2.34. The molecule has 1 saturated carbocycles. The Morgan fingerprint density at radius 3 is 2.84 bits per heavy atom. The summed E-state index contributed by atoms with van der Waals surface area (Å²) in [6.07, 6.45) is 11.1. The summed E-state index contributed by atoms with van der Waals surface area (Å²) in [5.74, 6) is 1.06. The van der Waals surface area contributed by atoms with E-state index < -0.39 is 0 Å². The molecule has 1 heterocycles. The summed E-state index contributed by atoms with van der Waals surface area (Å²) in [6.45, 7) is 4.32. The molecule has 0 bridgehead atoms. The maximum atomic E-state index is 12.3. The summed E-state index contributed by atoms with van der Waals surface area (Å²) >= 11 is 0. The number of hydrogen-bond donors (Lipinski definition) is 2. The van der Waals surface area contributed by atoms with Crippen molar-refractivity contribution in [2.75, 3.05) is 0 Å². The molecule has 1 aliphatic heterocycles. The third-order valence-corrected chi connectivity index (χ3v) is 4.85. The standard InChI is InChI=1S/C16H30N2O/c1-3-4-7-12(2)17-16(19)15-11-10-13-8-5-6-9-14(13)18-15/h12-15,18H,3-11H2,1-2H3,(H,17,19). The van der Waals surface area contributed by atoms with E-state index in [-0.39, 0.29) is 11.9 Å². The van der Waals surface area contributed by atoms with Crippen molar-refractivity contribution in [2.24, 2.45) is 5.92 Å². The van der Waals surface area contributed by atoms with Gasteiger partial charge in [-0.05, 0) is 44.9 Å². The lowest BCUT2D eigenvalue weighted by molar-refractivity contribution is -0.125. The molecule has 3 nitrogen and oxygen atoms in total. The first-order valence-electron chi connectivity index (χ1n) is 8.27. The van der Waals surface area contributed by atoms with E-state index in [1.54, 1.807) is 0 Å². The first kappa shape index (κ1) is 14.8. The number of piperidine rings is 1. The van der Waals surface area contributed by atoms with Crippen LogP contribution in [0.15, 0.2) is 0 Å². The zero-order chi connectivity index (χ0) is 13.7. The van der Waals surface area contributed by atoms with Crippen LogP contribution in [-0.2, 0) is 4.79 Å². The van der Waals surface area contributed by atoms with Crippen LogP contribution in [0.25, 0.3) is 0 Å². The van der Waals surface area contributed by atoms with Gasteiger partial charge in [-0.2, -0.15) is 0 Å². The number of hydrogen-bond acceptors (Lipinski definition) is 2. The minimum absolute atomic E-state index is 0.0587. The monoisotopic (exact) mass is 266 g/mol. The Morgan fingerprint density at radius 1 is 1.26 bits per heavy atom. The molecule has 1 aliphatic carbocycles. The van der Waals surface area contributed by atoms with Gasteiger partial charge < -0.3 is 10.6 Å². The highest BCUT2D eigenvalue weighted by Crippen LogP contribution is 2.32. The summed E-state index contributed by atoms with van der Waals surface area (Å²) < 4.78 is 0. The van der Waals surface area contributed by atoms with Crippen LogP contribution < -0.4 is 10.6 Å². The van der Waals surface area contributed by atoms with Gasteiger partial charge in [-0.15, -0.1) is 0 Å². The summed E-state index contributed by atoms with van der Waals surface area (Å²) in [5.41, 5.74) is 0. The fourth-order valence-electron chi connectivity index (χ4n) is 3.63. The van der Waals surface area contributed by atoms with Crippen molar-refractivity contribution in [3.8, 4) is 0 Å². The summed E-state index contributed by atoms with van der Waals surface area (Å²) in [4.78, 5) is 12.3. The van der Waals surface area contributed by atoms with Crippen molar-refractivity contribution in [3.63, 3.8) is 0 Å². The molecule has 110 valence electrons. The van der Waals surface area contributed by atoms with Crippen LogP contribution in [0.4, 0.5) is 0 Å². The number of unbranched alkanes of at least 4 members (excludes halogenated alkanes) is 1. The Hall–Kier alpha value is -0.570.